The van der Waals surface area contributed by atoms with Crippen LogP contribution >= 0.6 is 0 Å². The van der Waals surface area contributed by atoms with Crippen LogP contribution in [0.5, 0.6) is 11.5 Å². The summed E-state index contributed by atoms with van der Waals surface area (Å²) >= 11 is 0. The van der Waals surface area contributed by atoms with Crippen molar-refractivity contribution in [3.8, 4) is 11.5 Å². The van der Waals surface area contributed by atoms with Gasteiger partial charge in [0.05, 0.1) is 12.9 Å². The zero-order chi connectivity index (χ0) is 15.4. The van der Waals surface area contributed by atoms with Gasteiger partial charge in [0.15, 0.2) is 5.75 Å². The van der Waals surface area contributed by atoms with Gasteiger partial charge >= 0.3 is 0 Å². The van der Waals surface area contributed by atoms with Crippen LogP contribution in [0.3, 0.4) is 0 Å². The Hall–Kier alpha value is -2.50. The van der Waals surface area contributed by atoms with E-state index >= 15 is 0 Å². The molecule has 0 aromatic carbocycles. The Morgan fingerprint density at radius 2 is 2.00 bits per heavy atom. The first-order chi connectivity index (χ1) is 9.99. The molecule has 0 spiro atoms. The summed E-state index contributed by atoms with van der Waals surface area (Å²) in [7, 11) is 0. The average Bonchev–Trinajstić information content (AvgIpc) is 2.45. The zero-order valence-electron chi connectivity index (χ0n) is 11.8. The molecule has 1 N–H and O–H groups in total. The first kappa shape index (κ1) is 14.9. The fraction of sp³-hybridized carbons (Fsp3) is 0.333. The maximum absolute atomic E-state index is 11.8. The molecule has 6 nitrogen and oxygen atoms in total. The molecule has 2 aromatic rings. The summed E-state index contributed by atoms with van der Waals surface area (Å²) < 4.78 is 15.4. The van der Waals surface area contributed by atoms with Gasteiger partial charge in [0.2, 0.25) is 16.6 Å². The number of rotatable bonds is 5. The third kappa shape index (κ3) is 3.53. The van der Waals surface area contributed by atoms with E-state index < -0.39 is 11.2 Å². The van der Waals surface area contributed by atoms with Gasteiger partial charge in [-0.15, -0.1) is 0 Å². The van der Waals surface area contributed by atoms with Gasteiger partial charge in [-0.1, -0.05) is 13.8 Å². The molecule has 0 bridgehead atoms. The Balaban J connectivity index is 2.02. The first-order valence-corrected chi connectivity index (χ1v) is 6.53. The highest BCUT2D eigenvalue weighted by Gasteiger charge is 2.09. The van der Waals surface area contributed by atoms with Gasteiger partial charge in [-0.25, -0.2) is 0 Å². The molecule has 0 saturated carbocycles. The molecular formula is C15H16O6. The van der Waals surface area contributed by atoms with Gasteiger partial charge in [0.25, 0.3) is 0 Å². The van der Waals surface area contributed by atoms with Crippen LogP contribution in [0.25, 0.3) is 0 Å². The minimum Gasteiger partial charge on any atom is -0.502 e. The molecule has 0 saturated heterocycles. The van der Waals surface area contributed by atoms with Crippen LogP contribution in [0.1, 0.15) is 31.1 Å². The highest BCUT2D eigenvalue weighted by atomic mass is 16.5. The lowest BCUT2D eigenvalue weighted by Crippen LogP contribution is -2.14. The smallest absolute Gasteiger partial charge is 0.229 e. The van der Waals surface area contributed by atoms with E-state index in [9.17, 15) is 14.7 Å². The van der Waals surface area contributed by atoms with E-state index in [2.05, 4.69) is 0 Å². The van der Waals surface area contributed by atoms with Gasteiger partial charge in [0, 0.05) is 24.0 Å². The highest BCUT2D eigenvalue weighted by Crippen LogP contribution is 2.14. The molecule has 0 aliphatic rings. The monoisotopic (exact) mass is 292 g/mol. The lowest BCUT2D eigenvalue weighted by molar-refractivity contribution is 0.301. The lowest BCUT2D eigenvalue weighted by Gasteiger charge is -2.07. The predicted molar refractivity (Wildman–Crippen MR) is 74.9 cm³/mol. The second-order valence-electron chi connectivity index (χ2n) is 4.88. The van der Waals surface area contributed by atoms with Crippen molar-refractivity contribution in [3.63, 3.8) is 0 Å². The van der Waals surface area contributed by atoms with E-state index in [1.54, 1.807) is 0 Å². The van der Waals surface area contributed by atoms with Crippen LogP contribution in [0, 0.1) is 0 Å². The number of hydrogen-bond donors (Lipinski definition) is 1. The van der Waals surface area contributed by atoms with Crippen molar-refractivity contribution in [2.45, 2.75) is 26.2 Å². The fourth-order valence-corrected chi connectivity index (χ4v) is 1.72. The summed E-state index contributed by atoms with van der Waals surface area (Å²) in [5.74, 6) is 0.335. The molecule has 2 heterocycles. The van der Waals surface area contributed by atoms with Crippen molar-refractivity contribution in [3.05, 3.63) is 56.6 Å². The molecule has 21 heavy (non-hydrogen) atoms. The van der Waals surface area contributed by atoms with Crippen molar-refractivity contribution >= 4 is 0 Å². The molecule has 2 aromatic heterocycles. The average molecular weight is 292 g/mol. The Labute approximate surface area is 120 Å². The summed E-state index contributed by atoms with van der Waals surface area (Å²) in [4.78, 5) is 23.4. The van der Waals surface area contributed by atoms with Gasteiger partial charge in [0.1, 0.15) is 18.3 Å². The second kappa shape index (κ2) is 6.30. The molecule has 0 unspecified atom stereocenters. The minimum absolute atomic E-state index is 0.0870. The van der Waals surface area contributed by atoms with Crippen molar-refractivity contribution in [1.82, 2.24) is 0 Å². The Morgan fingerprint density at radius 1 is 1.24 bits per heavy atom. The number of hydrogen-bond acceptors (Lipinski definition) is 6. The quantitative estimate of drug-likeness (QED) is 0.907. The SMILES string of the molecule is CC(C)c1cc(=O)c(OCCc2cocc(O)c2=O)co1. The van der Waals surface area contributed by atoms with Gasteiger partial charge in [-0.05, 0) is 0 Å². The summed E-state index contributed by atoms with van der Waals surface area (Å²) in [6, 6.07) is 1.39. The largest absolute Gasteiger partial charge is 0.502 e. The molecule has 0 aliphatic carbocycles. The van der Waals surface area contributed by atoms with E-state index in [1.807, 2.05) is 13.8 Å². The molecule has 0 fully saturated rings. The molecule has 6 heteroatoms. The Kier molecular flexibility index (Phi) is 4.47. The fourth-order valence-electron chi connectivity index (χ4n) is 1.72. The molecule has 0 radical (unpaired) electrons. The third-order valence-corrected chi connectivity index (χ3v) is 2.93. The zero-order valence-corrected chi connectivity index (χ0v) is 11.8. The lowest BCUT2D eigenvalue weighted by atomic mass is 10.1. The molecule has 0 atom stereocenters. The minimum atomic E-state index is -0.507. The third-order valence-electron chi connectivity index (χ3n) is 2.93. The van der Waals surface area contributed by atoms with E-state index in [1.165, 1.54) is 18.6 Å². The Bertz CT molecular complexity index is 725. The summed E-state index contributed by atoms with van der Waals surface area (Å²) in [5, 5.41) is 9.23. The Morgan fingerprint density at radius 3 is 2.67 bits per heavy atom. The van der Waals surface area contributed by atoms with E-state index in [0.29, 0.717) is 5.76 Å². The molecule has 0 amide bonds. The first-order valence-electron chi connectivity index (χ1n) is 6.53. The molecule has 112 valence electrons. The van der Waals surface area contributed by atoms with Crippen molar-refractivity contribution in [1.29, 1.82) is 0 Å². The van der Waals surface area contributed by atoms with Crippen LogP contribution in [0.2, 0.25) is 0 Å². The normalized spacial score (nSPS) is 10.8. The van der Waals surface area contributed by atoms with E-state index in [0.717, 1.165) is 6.26 Å². The topological polar surface area (TPSA) is 89.9 Å². The van der Waals surface area contributed by atoms with Gasteiger partial charge in [-0.2, -0.15) is 0 Å². The van der Waals surface area contributed by atoms with Crippen LogP contribution in [0.4, 0.5) is 0 Å². The van der Waals surface area contributed by atoms with Crippen molar-refractivity contribution in [2.75, 3.05) is 6.61 Å². The number of ether oxygens (including phenoxy) is 1. The maximum Gasteiger partial charge on any atom is 0.229 e. The van der Waals surface area contributed by atoms with Crippen LogP contribution in [0.15, 0.2) is 43.3 Å². The standard InChI is InChI=1S/C15H16O6/c1-9(2)13-5-11(16)14(8-21-13)20-4-3-10-6-19-7-12(17)15(10)18/h5-9,17H,3-4H2,1-2H3. The summed E-state index contributed by atoms with van der Waals surface area (Å²) in [5.41, 5.74) is -0.502. The molecular weight excluding hydrogens is 276 g/mol. The van der Waals surface area contributed by atoms with E-state index in [-0.39, 0.29) is 35.7 Å². The summed E-state index contributed by atoms with van der Waals surface area (Å²) in [6.07, 6.45) is 3.69. The van der Waals surface area contributed by atoms with Crippen molar-refractivity contribution in [2.24, 2.45) is 0 Å². The van der Waals surface area contributed by atoms with E-state index in [4.69, 9.17) is 13.6 Å². The summed E-state index contributed by atoms with van der Waals surface area (Å²) in [6.45, 7) is 3.93. The molecule has 2 rings (SSSR count). The molecule has 0 aliphatic heterocycles. The second-order valence-corrected chi connectivity index (χ2v) is 4.88. The van der Waals surface area contributed by atoms with Gasteiger partial charge in [-0.3, -0.25) is 9.59 Å². The van der Waals surface area contributed by atoms with Crippen LogP contribution in [-0.2, 0) is 6.42 Å². The van der Waals surface area contributed by atoms with Crippen LogP contribution in [-0.4, -0.2) is 11.7 Å². The maximum atomic E-state index is 11.8. The van der Waals surface area contributed by atoms with Crippen LogP contribution < -0.4 is 15.6 Å². The predicted octanol–water partition coefficient (Wildman–Crippen LogP) is 2.04. The number of aromatic hydroxyl groups is 1. The van der Waals surface area contributed by atoms with Crippen molar-refractivity contribution < 1.29 is 18.7 Å². The van der Waals surface area contributed by atoms with Gasteiger partial charge < -0.3 is 18.7 Å². The highest BCUT2D eigenvalue weighted by molar-refractivity contribution is 5.21.